The van der Waals surface area contributed by atoms with Crippen LogP contribution in [0.15, 0.2) is 57.9 Å². The van der Waals surface area contributed by atoms with Crippen LogP contribution >= 0.6 is 0 Å². The lowest BCUT2D eigenvalue weighted by molar-refractivity contribution is -0.140. The predicted octanol–water partition coefficient (Wildman–Crippen LogP) is 3.58. The van der Waals surface area contributed by atoms with E-state index in [-0.39, 0.29) is 29.9 Å². The molecule has 0 unspecified atom stereocenters. The van der Waals surface area contributed by atoms with Gasteiger partial charge >= 0.3 is 5.97 Å². The molecule has 3 heterocycles. The zero-order valence-electron chi connectivity index (χ0n) is 25.3. The average molecular weight is 603 g/mol. The van der Waals surface area contributed by atoms with Crippen LogP contribution in [0.4, 0.5) is 5.69 Å². The maximum absolute atomic E-state index is 13.6. The van der Waals surface area contributed by atoms with Gasteiger partial charge in [-0.05, 0) is 87.6 Å². The Morgan fingerprint density at radius 1 is 0.977 bits per heavy atom. The molecular formula is C32H38N6O6. The van der Waals surface area contributed by atoms with Gasteiger partial charge in [-0.1, -0.05) is 0 Å². The van der Waals surface area contributed by atoms with Crippen molar-refractivity contribution in [3.63, 3.8) is 0 Å². The number of hydrogen-bond acceptors (Lipinski definition) is 8. The standard InChI is InChI=1S/C32H38N6O6/c1-21-18-24-19-25(13-14-27(24)43-21)33-32(35-29(40)22-9-11-23(12-10-22)31(42)44-36(2)3)34-26-8-4-5-17-38(30(26)41)20-28(39)37-15-6-7-16-37/h9-14,18-19,26H,4-8,15-17,20H2,1-3H3,(H2,33,34,35,40)/t26-/m0/s1. The molecular weight excluding hydrogens is 564 g/mol. The number of amides is 3. The van der Waals surface area contributed by atoms with Gasteiger partial charge < -0.3 is 24.4 Å². The van der Waals surface area contributed by atoms with E-state index < -0.39 is 17.9 Å². The van der Waals surface area contributed by atoms with Crippen LogP contribution < -0.4 is 10.6 Å². The van der Waals surface area contributed by atoms with Gasteiger partial charge in [0.2, 0.25) is 17.8 Å². The lowest BCUT2D eigenvalue weighted by Crippen LogP contribution is -2.45. The molecule has 12 nitrogen and oxygen atoms in total. The largest absolute Gasteiger partial charge is 0.461 e. The summed E-state index contributed by atoms with van der Waals surface area (Å²) in [5.41, 5.74) is 1.94. The van der Waals surface area contributed by atoms with E-state index in [1.165, 1.54) is 29.3 Å². The maximum Gasteiger partial charge on any atom is 0.356 e. The van der Waals surface area contributed by atoms with Gasteiger partial charge in [0, 0.05) is 50.4 Å². The highest BCUT2D eigenvalue weighted by Crippen LogP contribution is 2.23. The number of likely N-dealkylation sites (tertiary alicyclic amines) is 2. The molecule has 0 saturated carbocycles. The first-order chi connectivity index (χ1) is 21.2. The van der Waals surface area contributed by atoms with E-state index in [0.29, 0.717) is 24.2 Å². The molecule has 12 heteroatoms. The highest BCUT2D eigenvalue weighted by atomic mass is 16.7. The number of fused-ring (bicyclic) bond motifs is 1. The molecule has 2 aliphatic rings. The van der Waals surface area contributed by atoms with Crippen molar-refractivity contribution in [1.29, 1.82) is 0 Å². The summed E-state index contributed by atoms with van der Waals surface area (Å²) < 4.78 is 5.68. The number of carbonyl (C=O) groups is 4. The Labute approximate surface area is 256 Å². The smallest absolute Gasteiger partial charge is 0.356 e. The fraction of sp³-hybridized carbons (Fsp3) is 0.406. The zero-order chi connectivity index (χ0) is 31.2. The molecule has 1 aromatic heterocycles. The quantitative estimate of drug-likeness (QED) is 0.238. The lowest BCUT2D eigenvalue weighted by Gasteiger charge is -2.25. The molecule has 1 atom stereocenters. The minimum Gasteiger partial charge on any atom is -0.461 e. The summed E-state index contributed by atoms with van der Waals surface area (Å²) in [5.74, 6) is -0.454. The average Bonchev–Trinajstić information content (AvgIpc) is 3.63. The number of rotatable bonds is 7. The zero-order valence-corrected chi connectivity index (χ0v) is 25.3. The van der Waals surface area contributed by atoms with Crippen LogP contribution in [0, 0.1) is 6.92 Å². The molecule has 0 spiro atoms. The number of aliphatic imine (C=N–C) groups is 1. The first kappa shape index (κ1) is 30.7. The van der Waals surface area contributed by atoms with Crippen LogP contribution in [-0.2, 0) is 14.4 Å². The fourth-order valence-corrected chi connectivity index (χ4v) is 5.39. The van der Waals surface area contributed by atoms with E-state index in [9.17, 15) is 19.2 Å². The Bertz CT molecular complexity index is 1560. The number of nitrogens with zero attached hydrogens (tertiary/aromatic N) is 4. The summed E-state index contributed by atoms with van der Waals surface area (Å²) in [7, 11) is 3.20. The SMILES string of the molecule is Cc1cc2cc(NC(=N[C@H]3CCCCN(CC(=O)N4CCCC4)C3=O)NC(=O)c3ccc(C(=O)ON(C)C)cc3)ccc2o1. The molecule has 44 heavy (non-hydrogen) atoms. The van der Waals surface area contributed by atoms with E-state index in [1.807, 2.05) is 30.0 Å². The Kier molecular flexibility index (Phi) is 9.59. The lowest BCUT2D eigenvalue weighted by atomic mass is 10.1. The number of guanidine groups is 1. The van der Waals surface area contributed by atoms with E-state index in [2.05, 4.69) is 10.6 Å². The van der Waals surface area contributed by atoms with Crippen LogP contribution in [-0.4, -0.2) is 90.8 Å². The Morgan fingerprint density at radius 2 is 1.68 bits per heavy atom. The molecule has 0 aliphatic carbocycles. The van der Waals surface area contributed by atoms with Gasteiger partial charge in [0.05, 0.1) is 12.1 Å². The molecule has 3 aromatic rings. The van der Waals surface area contributed by atoms with Crippen LogP contribution in [0.25, 0.3) is 11.0 Å². The highest BCUT2D eigenvalue weighted by molar-refractivity contribution is 6.11. The fourth-order valence-electron chi connectivity index (χ4n) is 5.39. The second-order valence-corrected chi connectivity index (χ2v) is 11.3. The molecule has 2 saturated heterocycles. The van der Waals surface area contributed by atoms with E-state index in [4.69, 9.17) is 14.2 Å². The number of anilines is 1. The first-order valence-corrected chi connectivity index (χ1v) is 14.9. The van der Waals surface area contributed by atoms with Crippen LogP contribution in [0.1, 0.15) is 58.6 Å². The highest BCUT2D eigenvalue weighted by Gasteiger charge is 2.30. The number of furan rings is 1. The van der Waals surface area contributed by atoms with E-state index in [1.54, 1.807) is 25.1 Å². The number of aryl methyl sites for hydroxylation is 1. The van der Waals surface area contributed by atoms with Gasteiger partial charge in [-0.3, -0.25) is 19.7 Å². The molecule has 5 rings (SSSR count). The van der Waals surface area contributed by atoms with Crippen molar-refractivity contribution in [2.75, 3.05) is 45.6 Å². The number of nitrogens with one attached hydrogen (secondary N) is 2. The van der Waals surface area contributed by atoms with Crippen molar-refractivity contribution in [2.24, 2.45) is 4.99 Å². The topological polar surface area (TPSA) is 137 Å². The summed E-state index contributed by atoms with van der Waals surface area (Å²) in [4.78, 5) is 65.2. The van der Waals surface area contributed by atoms with Gasteiger partial charge in [-0.2, -0.15) is 0 Å². The number of benzene rings is 2. The minimum atomic E-state index is -0.783. The van der Waals surface area contributed by atoms with Gasteiger partial charge in [-0.25, -0.2) is 9.79 Å². The Morgan fingerprint density at radius 3 is 2.41 bits per heavy atom. The Hall–Kier alpha value is -4.71. The summed E-state index contributed by atoms with van der Waals surface area (Å²) in [6.07, 6.45) is 3.96. The van der Waals surface area contributed by atoms with Crippen molar-refractivity contribution in [1.82, 2.24) is 20.2 Å². The third kappa shape index (κ3) is 7.62. The van der Waals surface area contributed by atoms with Crippen molar-refractivity contribution < 1.29 is 28.4 Å². The number of hydrogen-bond donors (Lipinski definition) is 2. The van der Waals surface area contributed by atoms with Crippen LogP contribution in [0.5, 0.6) is 0 Å². The number of carbonyl (C=O) groups excluding carboxylic acids is 4. The first-order valence-electron chi connectivity index (χ1n) is 14.9. The molecule has 3 amide bonds. The molecule has 2 N–H and O–H groups in total. The van der Waals surface area contributed by atoms with E-state index in [0.717, 1.165) is 55.5 Å². The molecule has 232 valence electrons. The van der Waals surface area contributed by atoms with Crippen LogP contribution in [0.2, 0.25) is 0 Å². The number of hydroxylamine groups is 2. The van der Waals surface area contributed by atoms with Gasteiger partial charge in [0.1, 0.15) is 17.4 Å². The van der Waals surface area contributed by atoms with Crippen molar-refractivity contribution in [3.05, 3.63) is 65.4 Å². The third-order valence-electron chi connectivity index (χ3n) is 7.60. The second kappa shape index (κ2) is 13.7. The summed E-state index contributed by atoms with van der Waals surface area (Å²) in [6, 6.07) is 12.7. The minimum absolute atomic E-state index is 0.0269. The molecule has 2 aromatic carbocycles. The van der Waals surface area contributed by atoms with Crippen molar-refractivity contribution in [3.8, 4) is 0 Å². The summed E-state index contributed by atoms with van der Waals surface area (Å²) in [6.45, 7) is 3.82. The second-order valence-electron chi connectivity index (χ2n) is 11.3. The molecule has 0 bridgehead atoms. The Balaban J connectivity index is 1.38. The van der Waals surface area contributed by atoms with Crippen LogP contribution in [0.3, 0.4) is 0 Å². The molecule has 2 aliphatic heterocycles. The van der Waals surface area contributed by atoms with Crippen molar-refractivity contribution >= 4 is 46.3 Å². The normalized spacial score (nSPS) is 17.6. The van der Waals surface area contributed by atoms with E-state index >= 15 is 0 Å². The van der Waals surface area contributed by atoms with Gasteiger partial charge in [0.25, 0.3) is 5.91 Å². The predicted molar refractivity (Wildman–Crippen MR) is 165 cm³/mol. The molecule has 0 radical (unpaired) electrons. The molecule has 2 fully saturated rings. The van der Waals surface area contributed by atoms with Crippen molar-refractivity contribution in [2.45, 2.75) is 45.1 Å². The summed E-state index contributed by atoms with van der Waals surface area (Å²) >= 11 is 0. The van der Waals surface area contributed by atoms with Gasteiger partial charge in [-0.15, -0.1) is 5.06 Å². The monoisotopic (exact) mass is 602 g/mol. The van der Waals surface area contributed by atoms with Gasteiger partial charge in [0.15, 0.2) is 0 Å². The maximum atomic E-state index is 13.6. The summed E-state index contributed by atoms with van der Waals surface area (Å²) in [5, 5.41) is 8.14. The third-order valence-corrected chi connectivity index (χ3v) is 7.60.